The maximum absolute atomic E-state index is 11.9. The minimum Gasteiger partial charge on any atom is -0.441 e. The Kier molecular flexibility index (Phi) is 3.72. The maximum Gasteiger partial charge on any atom is 0.410 e. The number of ether oxygens (including phenoxy) is 1. The number of imidazole rings is 1. The van der Waals surface area contributed by atoms with Crippen LogP contribution in [0.15, 0.2) is 24.5 Å². The van der Waals surface area contributed by atoms with E-state index < -0.39 is 0 Å². The molecule has 1 saturated carbocycles. The molecule has 2 fully saturated rings. The van der Waals surface area contributed by atoms with Gasteiger partial charge in [-0.3, -0.25) is 0 Å². The van der Waals surface area contributed by atoms with Crippen LogP contribution in [0.5, 0.6) is 0 Å². The molecule has 4 rings (SSSR count). The molecular weight excluding hydrogens is 328 g/mol. The lowest BCUT2D eigenvalue weighted by molar-refractivity contribution is -0.0422. The fraction of sp³-hybridized carbons (Fsp3) is 0.550. The Morgan fingerprint density at radius 3 is 2.88 bits per heavy atom. The summed E-state index contributed by atoms with van der Waals surface area (Å²) in [6.07, 6.45) is 4.43. The number of rotatable bonds is 2. The van der Waals surface area contributed by atoms with Crippen LogP contribution < -0.4 is 0 Å². The number of amides is 1. The average molecular weight is 352 g/mol. The third kappa shape index (κ3) is 2.72. The minimum absolute atomic E-state index is 0.155. The van der Waals surface area contributed by atoms with Crippen molar-refractivity contribution in [3.8, 4) is 6.07 Å². The van der Waals surface area contributed by atoms with E-state index in [1.165, 1.54) is 0 Å². The molecular formula is C20H24N4O2. The van der Waals surface area contributed by atoms with Crippen molar-refractivity contribution in [1.82, 2.24) is 14.5 Å². The number of fused-ring (bicyclic) bond motifs is 1. The van der Waals surface area contributed by atoms with Gasteiger partial charge in [0, 0.05) is 13.6 Å². The van der Waals surface area contributed by atoms with E-state index in [0.717, 1.165) is 36.8 Å². The highest BCUT2D eigenvalue weighted by molar-refractivity contribution is 5.77. The molecule has 1 saturated heterocycles. The summed E-state index contributed by atoms with van der Waals surface area (Å²) in [5.41, 5.74) is 2.33. The predicted octanol–water partition coefficient (Wildman–Crippen LogP) is 3.56. The first kappa shape index (κ1) is 16.9. The molecule has 2 heterocycles. The van der Waals surface area contributed by atoms with Gasteiger partial charge in [-0.1, -0.05) is 13.8 Å². The zero-order chi connectivity index (χ0) is 18.5. The second kappa shape index (κ2) is 5.73. The molecule has 1 aromatic carbocycles. The van der Waals surface area contributed by atoms with E-state index in [-0.39, 0.29) is 17.1 Å². The third-order valence-electron chi connectivity index (χ3n) is 6.26. The van der Waals surface area contributed by atoms with Crippen molar-refractivity contribution in [2.75, 3.05) is 13.6 Å². The van der Waals surface area contributed by atoms with Crippen LogP contribution in [0.2, 0.25) is 0 Å². The second-order valence-corrected chi connectivity index (χ2v) is 8.51. The van der Waals surface area contributed by atoms with Gasteiger partial charge in [0.2, 0.25) is 0 Å². The molecule has 0 radical (unpaired) electrons. The second-order valence-electron chi connectivity index (χ2n) is 8.51. The Balaban J connectivity index is 1.63. The van der Waals surface area contributed by atoms with Crippen LogP contribution in [0, 0.1) is 22.7 Å². The number of nitrogens with zero attached hydrogens (tertiary/aromatic N) is 4. The highest BCUT2D eigenvalue weighted by Gasteiger charge is 2.51. The van der Waals surface area contributed by atoms with Gasteiger partial charge in [0.1, 0.15) is 5.60 Å². The molecule has 1 amide bonds. The summed E-state index contributed by atoms with van der Waals surface area (Å²) in [6.45, 7) is 6.07. The van der Waals surface area contributed by atoms with Gasteiger partial charge >= 0.3 is 6.09 Å². The molecule has 1 aliphatic carbocycles. The summed E-state index contributed by atoms with van der Waals surface area (Å²) < 4.78 is 7.93. The van der Waals surface area contributed by atoms with Gasteiger partial charge in [0.25, 0.3) is 0 Å². The van der Waals surface area contributed by atoms with E-state index in [9.17, 15) is 10.1 Å². The van der Waals surface area contributed by atoms with E-state index in [4.69, 9.17) is 4.74 Å². The lowest BCUT2D eigenvalue weighted by Crippen LogP contribution is -2.46. The first-order valence-electron chi connectivity index (χ1n) is 9.11. The van der Waals surface area contributed by atoms with Crippen molar-refractivity contribution in [1.29, 1.82) is 5.26 Å². The molecule has 0 N–H and O–H groups in total. The van der Waals surface area contributed by atoms with Crippen LogP contribution in [-0.2, 0) is 11.3 Å². The summed E-state index contributed by atoms with van der Waals surface area (Å²) >= 11 is 0. The fourth-order valence-electron chi connectivity index (χ4n) is 4.43. The Bertz CT molecular complexity index is 910. The van der Waals surface area contributed by atoms with E-state index >= 15 is 0 Å². The number of carbonyl (C=O) groups excluding carboxylic acids is 1. The number of benzene rings is 1. The van der Waals surface area contributed by atoms with E-state index in [0.29, 0.717) is 18.0 Å². The van der Waals surface area contributed by atoms with Gasteiger partial charge < -0.3 is 14.2 Å². The molecule has 1 spiro atoms. The summed E-state index contributed by atoms with van der Waals surface area (Å²) in [4.78, 5) is 18.1. The minimum atomic E-state index is -0.361. The topological polar surface area (TPSA) is 71.2 Å². The van der Waals surface area contributed by atoms with Crippen LogP contribution in [0.1, 0.15) is 38.7 Å². The standard InChI is InChI=1S/C20H24N4O2/c1-19(2)6-7-20(12-23(3)18(25)26-20)9-15(19)11-24-13-22-16-5-4-14(10-21)8-17(16)24/h4-5,8,13,15H,6-7,9,11-12H2,1-3H3/t15-,20-/m0/s1. The highest BCUT2D eigenvalue weighted by atomic mass is 16.6. The van der Waals surface area contributed by atoms with E-state index in [1.807, 2.05) is 18.5 Å². The molecule has 0 unspecified atom stereocenters. The molecule has 26 heavy (non-hydrogen) atoms. The predicted molar refractivity (Wildman–Crippen MR) is 97.4 cm³/mol. The first-order chi connectivity index (χ1) is 12.3. The quantitative estimate of drug-likeness (QED) is 0.828. The maximum atomic E-state index is 11.9. The Morgan fingerprint density at radius 1 is 1.38 bits per heavy atom. The molecule has 6 heteroatoms. The lowest BCUT2D eigenvalue weighted by Gasteiger charge is -2.46. The third-order valence-corrected chi connectivity index (χ3v) is 6.26. The Morgan fingerprint density at radius 2 is 2.19 bits per heavy atom. The zero-order valence-corrected chi connectivity index (χ0v) is 15.5. The molecule has 2 aliphatic rings. The van der Waals surface area contributed by atoms with Crippen molar-refractivity contribution in [2.45, 2.75) is 45.3 Å². The zero-order valence-electron chi connectivity index (χ0n) is 15.5. The molecule has 6 nitrogen and oxygen atoms in total. The summed E-state index contributed by atoms with van der Waals surface area (Å²) in [5.74, 6) is 0.360. The monoisotopic (exact) mass is 352 g/mol. The highest BCUT2D eigenvalue weighted by Crippen LogP contribution is 2.49. The molecule has 136 valence electrons. The molecule has 1 aliphatic heterocycles. The molecule has 0 bridgehead atoms. The van der Waals surface area contributed by atoms with Gasteiger partial charge in [-0.05, 0) is 48.8 Å². The van der Waals surface area contributed by atoms with Crippen molar-refractivity contribution < 1.29 is 9.53 Å². The lowest BCUT2D eigenvalue weighted by atomic mass is 9.63. The van der Waals surface area contributed by atoms with Crippen molar-refractivity contribution >= 4 is 17.1 Å². The SMILES string of the molecule is CN1C[C@@]2(CCC(C)(C)[C@H](Cn3cnc4ccc(C#N)cc43)C2)OC1=O. The fourth-order valence-corrected chi connectivity index (χ4v) is 4.43. The van der Waals surface area contributed by atoms with Gasteiger partial charge in [-0.2, -0.15) is 5.26 Å². The van der Waals surface area contributed by atoms with Crippen LogP contribution in [0.3, 0.4) is 0 Å². The van der Waals surface area contributed by atoms with Crippen LogP contribution in [0.25, 0.3) is 11.0 Å². The number of nitriles is 1. The average Bonchev–Trinajstić information content (AvgIpc) is 3.12. The van der Waals surface area contributed by atoms with Crippen LogP contribution in [0.4, 0.5) is 4.79 Å². The summed E-state index contributed by atoms with van der Waals surface area (Å²) in [7, 11) is 1.80. The molecule has 2 atom stereocenters. The van der Waals surface area contributed by atoms with Gasteiger partial charge in [-0.25, -0.2) is 9.78 Å². The van der Waals surface area contributed by atoms with E-state index in [1.54, 1.807) is 18.0 Å². The first-order valence-corrected chi connectivity index (χ1v) is 9.11. The number of aromatic nitrogens is 2. The normalized spacial score (nSPS) is 27.7. The van der Waals surface area contributed by atoms with Gasteiger partial charge in [0.15, 0.2) is 0 Å². The van der Waals surface area contributed by atoms with Crippen LogP contribution in [-0.4, -0.2) is 39.7 Å². The van der Waals surface area contributed by atoms with Crippen molar-refractivity contribution in [3.05, 3.63) is 30.1 Å². The summed E-state index contributed by atoms with van der Waals surface area (Å²) in [5, 5.41) is 9.19. The van der Waals surface area contributed by atoms with Crippen molar-refractivity contribution in [2.24, 2.45) is 11.3 Å². The smallest absolute Gasteiger partial charge is 0.410 e. The number of hydrogen-bond acceptors (Lipinski definition) is 4. The Hall–Kier alpha value is -2.55. The summed E-state index contributed by atoms with van der Waals surface area (Å²) in [6, 6.07) is 7.79. The van der Waals surface area contributed by atoms with Crippen molar-refractivity contribution in [3.63, 3.8) is 0 Å². The Labute approximate surface area is 153 Å². The van der Waals surface area contributed by atoms with Crippen LogP contribution >= 0.6 is 0 Å². The number of carbonyl (C=O) groups is 1. The molecule has 2 aromatic rings. The number of hydrogen-bond donors (Lipinski definition) is 0. The van der Waals surface area contributed by atoms with E-state index in [2.05, 4.69) is 29.5 Å². The molecule has 1 aromatic heterocycles. The number of likely N-dealkylation sites (N-methyl/N-ethyl adjacent to an activating group) is 1. The van der Waals surface area contributed by atoms with Gasteiger partial charge in [-0.15, -0.1) is 0 Å². The van der Waals surface area contributed by atoms with Gasteiger partial charge in [0.05, 0.1) is 35.5 Å². The largest absolute Gasteiger partial charge is 0.441 e.